The average Bonchev–Trinajstić information content (AvgIpc) is 2.47. The van der Waals surface area contributed by atoms with E-state index in [-0.39, 0.29) is 10.6 Å². The van der Waals surface area contributed by atoms with Gasteiger partial charge in [0, 0.05) is 18.2 Å². The number of nitrogens with one attached hydrogen (secondary N) is 1. The van der Waals surface area contributed by atoms with Crippen molar-refractivity contribution in [1.29, 1.82) is 0 Å². The average molecular weight is 320 g/mol. The Bertz CT molecular complexity index is 768. The zero-order chi connectivity index (χ0) is 16.3. The van der Waals surface area contributed by atoms with Crippen LogP contribution in [-0.2, 0) is 10.0 Å². The minimum atomic E-state index is -3.73. The Balaban J connectivity index is 2.19. The monoisotopic (exact) mass is 320 g/mol. The molecule has 0 aliphatic heterocycles. The molecule has 0 unspecified atom stereocenters. The second-order valence-corrected chi connectivity index (χ2v) is 6.72. The molecule has 0 saturated heterocycles. The maximum absolute atomic E-state index is 12.3. The molecular formula is C15H16N2O4S. The van der Waals surface area contributed by atoms with Gasteiger partial charge in [0.1, 0.15) is 0 Å². The van der Waals surface area contributed by atoms with Gasteiger partial charge < -0.3 is 0 Å². The van der Waals surface area contributed by atoms with Gasteiger partial charge in [0.05, 0.1) is 9.82 Å². The zero-order valence-corrected chi connectivity index (χ0v) is 13.0. The largest absolute Gasteiger partial charge is 0.269 e. The Hall–Kier alpha value is -2.25. The number of sulfonamides is 1. The minimum Gasteiger partial charge on any atom is -0.258 e. The quantitative estimate of drug-likeness (QED) is 0.677. The highest BCUT2D eigenvalue weighted by atomic mass is 32.2. The molecule has 116 valence electrons. The van der Waals surface area contributed by atoms with Crippen LogP contribution in [0.25, 0.3) is 0 Å². The van der Waals surface area contributed by atoms with Gasteiger partial charge in [-0.2, -0.15) is 0 Å². The van der Waals surface area contributed by atoms with Crippen LogP contribution >= 0.6 is 0 Å². The fourth-order valence-electron chi connectivity index (χ4n) is 1.97. The summed E-state index contributed by atoms with van der Waals surface area (Å²) in [6.45, 7) is 3.70. The van der Waals surface area contributed by atoms with Crippen molar-refractivity contribution in [2.75, 3.05) is 0 Å². The van der Waals surface area contributed by atoms with Crippen molar-refractivity contribution >= 4 is 15.7 Å². The standard InChI is InChI=1S/C15H16N2O4S/c1-11-3-5-13(6-4-11)12(2)16-22(20,21)15-9-7-14(8-10-15)17(18)19/h3-10,12,16H,1-2H3/t12-/m0/s1. The van der Waals surface area contributed by atoms with Crippen LogP contribution in [0.2, 0.25) is 0 Å². The predicted molar refractivity (Wildman–Crippen MR) is 83.0 cm³/mol. The smallest absolute Gasteiger partial charge is 0.258 e. The highest BCUT2D eigenvalue weighted by Gasteiger charge is 2.19. The Labute approximate surface area is 129 Å². The Kier molecular flexibility index (Phi) is 4.58. The van der Waals surface area contributed by atoms with Crippen LogP contribution in [0, 0.1) is 17.0 Å². The summed E-state index contributed by atoms with van der Waals surface area (Å²) in [7, 11) is -3.73. The summed E-state index contributed by atoms with van der Waals surface area (Å²) in [5, 5.41) is 10.6. The van der Waals surface area contributed by atoms with Crippen molar-refractivity contribution in [3.05, 3.63) is 69.8 Å². The van der Waals surface area contributed by atoms with Crippen LogP contribution in [0.5, 0.6) is 0 Å². The van der Waals surface area contributed by atoms with Crippen LogP contribution in [0.4, 0.5) is 5.69 Å². The lowest BCUT2D eigenvalue weighted by Crippen LogP contribution is -2.26. The van der Waals surface area contributed by atoms with Crippen LogP contribution in [0.15, 0.2) is 53.4 Å². The van der Waals surface area contributed by atoms with Crippen molar-refractivity contribution in [3.8, 4) is 0 Å². The molecule has 6 nitrogen and oxygen atoms in total. The molecule has 2 aromatic rings. The predicted octanol–water partition coefficient (Wildman–Crippen LogP) is 2.94. The molecule has 0 radical (unpaired) electrons. The zero-order valence-electron chi connectivity index (χ0n) is 12.2. The molecule has 0 aliphatic carbocycles. The Morgan fingerprint density at radius 3 is 2.09 bits per heavy atom. The number of hydrogen-bond donors (Lipinski definition) is 1. The summed E-state index contributed by atoms with van der Waals surface area (Å²) in [5.41, 5.74) is 1.79. The summed E-state index contributed by atoms with van der Waals surface area (Å²) in [6, 6.07) is 11.9. The lowest BCUT2D eigenvalue weighted by Gasteiger charge is -2.15. The van der Waals surface area contributed by atoms with Crippen molar-refractivity contribution in [2.45, 2.75) is 24.8 Å². The van der Waals surface area contributed by atoms with Crippen molar-refractivity contribution in [1.82, 2.24) is 4.72 Å². The number of nitrogens with zero attached hydrogens (tertiary/aromatic N) is 1. The van der Waals surface area contributed by atoms with Gasteiger partial charge in [-0.15, -0.1) is 0 Å². The van der Waals surface area contributed by atoms with Gasteiger partial charge in [-0.1, -0.05) is 29.8 Å². The second kappa shape index (κ2) is 6.25. The summed E-state index contributed by atoms with van der Waals surface area (Å²) >= 11 is 0. The van der Waals surface area contributed by atoms with Crippen molar-refractivity contribution in [2.24, 2.45) is 0 Å². The van der Waals surface area contributed by atoms with E-state index >= 15 is 0 Å². The van der Waals surface area contributed by atoms with E-state index < -0.39 is 21.0 Å². The fourth-order valence-corrected chi connectivity index (χ4v) is 3.20. The van der Waals surface area contributed by atoms with E-state index in [1.165, 1.54) is 24.3 Å². The summed E-state index contributed by atoms with van der Waals surface area (Å²) < 4.78 is 27.1. The topological polar surface area (TPSA) is 89.3 Å². The third-order valence-electron chi connectivity index (χ3n) is 3.27. The summed E-state index contributed by atoms with van der Waals surface area (Å²) in [5.74, 6) is 0. The third-order valence-corrected chi connectivity index (χ3v) is 4.82. The number of non-ortho nitro benzene ring substituents is 1. The van der Waals surface area contributed by atoms with E-state index in [9.17, 15) is 18.5 Å². The Morgan fingerprint density at radius 1 is 1.05 bits per heavy atom. The lowest BCUT2D eigenvalue weighted by atomic mass is 10.1. The van der Waals surface area contributed by atoms with Crippen LogP contribution in [0.1, 0.15) is 24.1 Å². The van der Waals surface area contributed by atoms with E-state index in [0.29, 0.717) is 0 Å². The highest BCUT2D eigenvalue weighted by molar-refractivity contribution is 7.89. The first-order chi connectivity index (χ1) is 10.3. The van der Waals surface area contributed by atoms with Gasteiger partial charge in [0.2, 0.25) is 10.0 Å². The van der Waals surface area contributed by atoms with E-state index in [4.69, 9.17) is 0 Å². The van der Waals surface area contributed by atoms with Crippen LogP contribution in [-0.4, -0.2) is 13.3 Å². The molecule has 0 aliphatic rings. The molecule has 0 fully saturated rings. The Morgan fingerprint density at radius 2 is 1.59 bits per heavy atom. The van der Waals surface area contributed by atoms with Crippen molar-refractivity contribution < 1.29 is 13.3 Å². The molecule has 22 heavy (non-hydrogen) atoms. The first-order valence-electron chi connectivity index (χ1n) is 6.63. The molecular weight excluding hydrogens is 304 g/mol. The maximum Gasteiger partial charge on any atom is 0.269 e. The lowest BCUT2D eigenvalue weighted by molar-refractivity contribution is -0.384. The molecule has 1 N–H and O–H groups in total. The van der Waals surface area contributed by atoms with Gasteiger partial charge in [0.25, 0.3) is 5.69 Å². The molecule has 0 bridgehead atoms. The SMILES string of the molecule is Cc1ccc([C@H](C)NS(=O)(=O)c2ccc([N+](=O)[O-])cc2)cc1. The molecule has 0 spiro atoms. The number of nitro groups is 1. The van der Waals surface area contributed by atoms with E-state index in [2.05, 4.69) is 4.72 Å². The van der Waals surface area contributed by atoms with Gasteiger partial charge in [-0.05, 0) is 31.5 Å². The van der Waals surface area contributed by atoms with Gasteiger partial charge >= 0.3 is 0 Å². The van der Waals surface area contributed by atoms with Gasteiger partial charge in [0.15, 0.2) is 0 Å². The second-order valence-electron chi connectivity index (χ2n) is 5.00. The summed E-state index contributed by atoms with van der Waals surface area (Å²) in [6.07, 6.45) is 0. The number of aryl methyl sites for hydroxylation is 1. The molecule has 0 saturated carbocycles. The first-order valence-corrected chi connectivity index (χ1v) is 8.11. The normalized spacial score (nSPS) is 12.8. The van der Waals surface area contributed by atoms with Crippen molar-refractivity contribution in [3.63, 3.8) is 0 Å². The van der Waals surface area contributed by atoms with E-state index in [1.54, 1.807) is 6.92 Å². The van der Waals surface area contributed by atoms with E-state index in [0.717, 1.165) is 11.1 Å². The number of rotatable bonds is 5. The van der Waals surface area contributed by atoms with Gasteiger partial charge in [-0.25, -0.2) is 13.1 Å². The number of nitro benzene ring substituents is 1. The molecule has 0 aromatic heterocycles. The first kappa shape index (κ1) is 16.1. The minimum absolute atomic E-state index is 0.00272. The summed E-state index contributed by atoms with van der Waals surface area (Å²) in [4.78, 5) is 10.0. The molecule has 1 atom stereocenters. The molecule has 0 heterocycles. The highest BCUT2D eigenvalue weighted by Crippen LogP contribution is 2.19. The molecule has 2 aromatic carbocycles. The third kappa shape index (κ3) is 3.69. The fraction of sp³-hybridized carbons (Fsp3) is 0.200. The van der Waals surface area contributed by atoms with Crippen LogP contribution < -0.4 is 4.72 Å². The molecule has 2 rings (SSSR count). The number of hydrogen-bond acceptors (Lipinski definition) is 4. The number of benzene rings is 2. The van der Waals surface area contributed by atoms with E-state index in [1.807, 2.05) is 31.2 Å². The van der Waals surface area contributed by atoms with Crippen LogP contribution in [0.3, 0.4) is 0 Å². The molecule has 0 amide bonds. The van der Waals surface area contributed by atoms with Gasteiger partial charge in [-0.3, -0.25) is 10.1 Å². The maximum atomic E-state index is 12.3. The molecule has 7 heteroatoms.